The van der Waals surface area contributed by atoms with Crippen LogP contribution in [0.4, 0.5) is 0 Å². The van der Waals surface area contributed by atoms with Gasteiger partial charge in [-0.15, -0.1) is 0 Å². The highest BCUT2D eigenvalue weighted by atomic mass is 127. The molecule has 0 fully saturated rings. The van der Waals surface area contributed by atoms with Crippen LogP contribution in [0.2, 0.25) is 0 Å². The monoisotopic (exact) mass is 383 g/mol. The Kier molecular flexibility index (Phi) is 5.34. The van der Waals surface area contributed by atoms with Crippen LogP contribution in [-0.2, 0) is 0 Å². The molecule has 1 aromatic carbocycles. The minimum absolute atomic E-state index is 0.0506. The zero-order chi connectivity index (χ0) is 14.5. The van der Waals surface area contributed by atoms with E-state index in [1.54, 1.807) is 6.07 Å². The van der Waals surface area contributed by atoms with E-state index in [1.165, 1.54) is 0 Å². The topological polar surface area (TPSA) is 43.1 Å². The van der Waals surface area contributed by atoms with E-state index in [4.69, 9.17) is 4.52 Å². The first-order chi connectivity index (χ1) is 9.65. The smallest absolute Gasteiger partial charge is 0.187 e. The summed E-state index contributed by atoms with van der Waals surface area (Å²) >= 11 is 2.25. The molecule has 2 rings (SSSR count). The summed E-state index contributed by atoms with van der Waals surface area (Å²) in [4.78, 5) is 12.3. The quantitative estimate of drug-likeness (QED) is 0.523. The van der Waals surface area contributed by atoms with E-state index in [-0.39, 0.29) is 11.7 Å². The molecule has 0 bridgehead atoms. The predicted octanol–water partition coefficient (Wildman–Crippen LogP) is 4.96. The maximum Gasteiger partial charge on any atom is 0.187 e. The summed E-state index contributed by atoms with van der Waals surface area (Å²) in [6.45, 7) is 4.13. The minimum atomic E-state index is 0.0506. The third-order valence-electron chi connectivity index (χ3n) is 3.39. The van der Waals surface area contributed by atoms with Gasteiger partial charge in [0.1, 0.15) is 5.69 Å². The summed E-state index contributed by atoms with van der Waals surface area (Å²) in [6, 6.07) is 9.71. The number of rotatable bonds is 6. The van der Waals surface area contributed by atoms with Crippen molar-refractivity contribution >= 4 is 28.4 Å². The lowest BCUT2D eigenvalue weighted by Crippen LogP contribution is -2.14. The van der Waals surface area contributed by atoms with Gasteiger partial charge in [0.05, 0.1) is 0 Å². The largest absolute Gasteiger partial charge is 0.356 e. The van der Waals surface area contributed by atoms with Crippen molar-refractivity contribution in [3.05, 3.63) is 39.6 Å². The first-order valence-corrected chi connectivity index (χ1v) is 8.00. The predicted molar refractivity (Wildman–Crippen MR) is 87.7 cm³/mol. The lowest BCUT2D eigenvalue weighted by atomic mass is 9.94. The van der Waals surface area contributed by atoms with E-state index in [0.29, 0.717) is 11.5 Å². The van der Waals surface area contributed by atoms with Crippen LogP contribution in [0.3, 0.4) is 0 Å². The minimum Gasteiger partial charge on any atom is -0.356 e. The number of hydrogen-bond donors (Lipinski definition) is 0. The van der Waals surface area contributed by atoms with Crippen molar-refractivity contribution in [3.63, 3.8) is 0 Å². The molecular formula is C16H18INO2. The zero-order valence-corrected chi connectivity index (χ0v) is 13.9. The summed E-state index contributed by atoms with van der Waals surface area (Å²) in [7, 11) is 0. The third kappa shape index (κ3) is 3.48. The molecule has 4 heteroatoms. The fraction of sp³-hybridized carbons (Fsp3) is 0.375. The van der Waals surface area contributed by atoms with Gasteiger partial charge in [0.2, 0.25) is 0 Å². The Hall–Kier alpha value is -1.17. The molecule has 3 nitrogen and oxygen atoms in total. The molecule has 20 heavy (non-hydrogen) atoms. The van der Waals surface area contributed by atoms with E-state index in [9.17, 15) is 4.79 Å². The van der Waals surface area contributed by atoms with Gasteiger partial charge in [0.15, 0.2) is 11.5 Å². The number of benzene rings is 1. The number of carbonyl (C=O) groups excluding carboxylic acids is 1. The molecule has 2 aromatic rings. The average molecular weight is 383 g/mol. The first-order valence-electron chi connectivity index (χ1n) is 6.92. The average Bonchev–Trinajstić information content (AvgIpc) is 2.94. The molecule has 0 radical (unpaired) electrons. The van der Waals surface area contributed by atoms with Gasteiger partial charge in [-0.3, -0.25) is 4.79 Å². The molecule has 1 aromatic heterocycles. The second-order valence-electron chi connectivity index (χ2n) is 4.84. The molecule has 1 atom stereocenters. The third-order valence-corrected chi connectivity index (χ3v) is 4.11. The van der Waals surface area contributed by atoms with Crippen LogP contribution in [-0.4, -0.2) is 10.9 Å². The van der Waals surface area contributed by atoms with Crippen LogP contribution in [0, 0.1) is 9.49 Å². The van der Waals surface area contributed by atoms with Crippen LogP contribution in [0.1, 0.15) is 43.6 Å². The highest BCUT2D eigenvalue weighted by Crippen LogP contribution is 2.24. The highest BCUT2D eigenvalue weighted by Gasteiger charge is 2.21. The van der Waals surface area contributed by atoms with E-state index < -0.39 is 0 Å². The highest BCUT2D eigenvalue weighted by molar-refractivity contribution is 14.1. The summed E-state index contributed by atoms with van der Waals surface area (Å²) < 4.78 is 6.47. The molecule has 0 aliphatic heterocycles. The van der Waals surface area contributed by atoms with Crippen LogP contribution >= 0.6 is 22.6 Å². The molecule has 106 valence electrons. The molecule has 0 saturated heterocycles. The van der Waals surface area contributed by atoms with Gasteiger partial charge in [-0.2, -0.15) is 0 Å². The molecule has 0 spiro atoms. The second kappa shape index (κ2) is 7.02. The summed E-state index contributed by atoms with van der Waals surface area (Å²) in [5.74, 6) is 0.792. The number of halogens is 1. The Bertz CT molecular complexity index is 574. The first kappa shape index (κ1) is 15.2. The standard InChI is InChI=1S/C16H18INO2/c1-3-5-11(4-2)16(19)14-10-15(20-18-14)12-6-8-13(17)9-7-12/h6-11H,3-5H2,1-2H3. The van der Waals surface area contributed by atoms with Crippen molar-refractivity contribution < 1.29 is 9.32 Å². The molecule has 1 unspecified atom stereocenters. The van der Waals surface area contributed by atoms with Crippen LogP contribution in [0.15, 0.2) is 34.9 Å². The van der Waals surface area contributed by atoms with Crippen molar-refractivity contribution in [2.45, 2.75) is 33.1 Å². The Morgan fingerprint density at radius 2 is 2.00 bits per heavy atom. The second-order valence-corrected chi connectivity index (χ2v) is 6.09. The number of carbonyl (C=O) groups is 1. The van der Waals surface area contributed by atoms with Crippen molar-refractivity contribution in [1.82, 2.24) is 5.16 Å². The Labute approximate surface area is 132 Å². The SMILES string of the molecule is CCCC(CC)C(=O)c1cc(-c2ccc(I)cc2)on1. The van der Waals surface area contributed by atoms with Crippen molar-refractivity contribution in [2.75, 3.05) is 0 Å². The van der Waals surface area contributed by atoms with Gasteiger partial charge in [-0.05, 0) is 47.6 Å². The number of nitrogens with zero attached hydrogens (tertiary/aromatic N) is 1. The Balaban J connectivity index is 2.20. The molecule has 0 amide bonds. The molecule has 1 heterocycles. The van der Waals surface area contributed by atoms with Gasteiger partial charge in [0, 0.05) is 21.1 Å². The van der Waals surface area contributed by atoms with Crippen LogP contribution in [0.5, 0.6) is 0 Å². The van der Waals surface area contributed by atoms with Crippen LogP contribution in [0.25, 0.3) is 11.3 Å². The van der Waals surface area contributed by atoms with Gasteiger partial charge in [-0.1, -0.05) is 37.6 Å². The van der Waals surface area contributed by atoms with Crippen molar-refractivity contribution in [2.24, 2.45) is 5.92 Å². The van der Waals surface area contributed by atoms with E-state index in [0.717, 1.165) is 28.4 Å². The maximum atomic E-state index is 12.3. The van der Waals surface area contributed by atoms with Gasteiger partial charge in [-0.25, -0.2) is 0 Å². The van der Waals surface area contributed by atoms with Gasteiger partial charge < -0.3 is 4.52 Å². The van der Waals surface area contributed by atoms with Crippen molar-refractivity contribution in [3.8, 4) is 11.3 Å². The molecule has 0 saturated carbocycles. The van der Waals surface area contributed by atoms with Gasteiger partial charge >= 0.3 is 0 Å². The fourth-order valence-electron chi connectivity index (χ4n) is 2.22. The fourth-order valence-corrected chi connectivity index (χ4v) is 2.58. The zero-order valence-electron chi connectivity index (χ0n) is 11.7. The molecular weight excluding hydrogens is 365 g/mol. The number of ketones is 1. The lowest BCUT2D eigenvalue weighted by molar-refractivity contribution is 0.0900. The van der Waals surface area contributed by atoms with E-state index in [2.05, 4.69) is 34.7 Å². The molecule has 0 aliphatic carbocycles. The molecule has 0 aliphatic rings. The van der Waals surface area contributed by atoms with Gasteiger partial charge in [0.25, 0.3) is 0 Å². The van der Waals surface area contributed by atoms with E-state index >= 15 is 0 Å². The molecule has 0 N–H and O–H groups in total. The number of Topliss-reactive ketones (excluding diaryl/α,β-unsaturated/α-hetero) is 1. The number of aromatic nitrogens is 1. The summed E-state index contributed by atoms with van der Waals surface area (Å²) in [5.41, 5.74) is 1.39. The maximum absolute atomic E-state index is 12.3. The Morgan fingerprint density at radius 1 is 1.30 bits per heavy atom. The number of hydrogen-bond acceptors (Lipinski definition) is 3. The Morgan fingerprint density at radius 3 is 2.60 bits per heavy atom. The normalized spacial score (nSPS) is 12.3. The van der Waals surface area contributed by atoms with E-state index in [1.807, 2.05) is 31.2 Å². The van der Waals surface area contributed by atoms with Crippen LogP contribution < -0.4 is 0 Å². The summed E-state index contributed by atoms with van der Waals surface area (Å²) in [5, 5.41) is 3.94. The summed E-state index contributed by atoms with van der Waals surface area (Å²) in [6.07, 6.45) is 2.76. The lowest BCUT2D eigenvalue weighted by Gasteiger charge is -2.09. The van der Waals surface area contributed by atoms with Crippen molar-refractivity contribution in [1.29, 1.82) is 0 Å².